The Morgan fingerprint density at radius 2 is 1.59 bits per heavy atom. The number of hydrogen-bond donors (Lipinski definition) is 4. The van der Waals surface area contributed by atoms with Crippen molar-refractivity contribution in [2.24, 2.45) is 5.92 Å². The molecular weight excluding hydrogens is 757 g/mol. The fourth-order valence-electron chi connectivity index (χ4n) is 9.21. The Morgan fingerprint density at radius 1 is 0.879 bits per heavy atom. The number of thiophene rings is 1. The number of benzene rings is 3. The van der Waals surface area contributed by atoms with Crippen LogP contribution in [0.5, 0.6) is 0 Å². The Morgan fingerprint density at radius 3 is 2.34 bits per heavy atom. The van der Waals surface area contributed by atoms with Crippen molar-refractivity contribution < 1.29 is 28.7 Å². The molecule has 6 aromatic rings. The fraction of sp³-hybridized carbons (Fsp3) is 0.349. The Bertz CT molecular complexity index is 2610. The van der Waals surface area contributed by atoms with Crippen LogP contribution in [-0.2, 0) is 19.1 Å². The van der Waals surface area contributed by atoms with Gasteiger partial charge in [0.05, 0.1) is 49.2 Å². The van der Waals surface area contributed by atoms with E-state index in [1.807, 2.05) is 17.2 Å². The summed E-state index contributed by atoms with van der Waals surface area (Å²) < 4.78 is 11.7. The minimum Gasteiger partial charge on any atom is -0.453 e. The molecule has 2 saturated heterocycles. The number of carbonyl (C=O) groups is 4. The van der Waals surface area contributed by atoms with Gasteiger partial charge in [0.15, 0.2) is 0 Å². The first-order valence-corrected chi connectivity index (χ1v) is 20.4. The Kier molecular flexibility index (Phi) is 9.62. The number of nitrogens with zero attached hydrogens (tertiary/aromatic N) is 4. The van der Waals surface area contributed by atoms with Crippen molar-refractivity contribution in [3.63, 3.8) is 0 Å². The highest BCUT2D eigenvalue weighted by atomic mass is 32.1. The first kappa shape index (κ1) is 37.4. The van der Waals surface area contributed by atoms with Crippen molar-refractivity contribution in [1.82, 2.24) is 40.4 Å². The summed E-state index contributed by atoms with van der Waals surface area (Å²) in [5.41, 5.74) is 5.74. The average molecular weight is 801 g/mol. The molecule has 3 aromatic heterocycles. The number of fused-ring (bicyclic) bond motifs is 6. The highest BCUT2D eigenvalue weighted by Gasteiger charge is 2.51. The van der Waals surface area contributed by atoms with Crippen LogP contribution in [-0.4, -0.2) is 92.6 Å². The molecule has 3 fully saturated rings. The minimum atomic E-state index is -0.889. The molecule has 4 amide bonds. The summed E-state index contributed by atoms with van der Waals surface area (Å²) in [5.74, 6) is 1.39. The standard InChI is InChI=1S/C43H44N8O6S/c1-5-30(49-43(55)57-4)41(53)51-27-12-8-26(17-27)37(51)39-46-31-15-11-23(18-32(31)47-39)24-9-13-28-29-14-10-25(20-36(29)58-35(28)19-24)33-21-44-38(48-33)34-7-6-16-50(34)40(52)22(2)45-42(54)56-3/h5,9-11,13-15,18-22,26-27,30,34,37H,1,6-8,12,16-17H2,2-4H3,(H,44,48)(H,45,54)(H,46,47)(H,49,55)/t22-,26-,27+,30-,34-,37-/m0/s1. The lowest BCUT2D eigenvalue weighted by molar-refractivity contribution is -0.137. The number of nitrogens with one attached hydrogen (secondary N) is 4. The second-order valence-electron chi connectivity index (χ2n) is 15.4. The molecule has 5 heterocycles. The van der Waals surface area contributed by atoms with Crippen LogP contribution >= 0.6 is 11.3 Å². The first-order chi connectivity index (χ1) is 28.1. The van der Waals surface area contributed by atoms with Gasteiger partial charge in [0.2, 0.25) is 11.8 Å². The Balaban J connectivity index is 0.950. The van der Waals surface area contributed by atoms with Crippen LogP contribution < -0.4 is 10.6 Å². The number of piperidine rings is 1. The van der Waals surface area contributed by atoms with Gasteiger partial charge in [-0.25, -0.2) is 19.6 Å². The number of imidazole rings is 2. The molecule has 0 radical (unpaired) electrons. The largest absolute Gasteiger partial charge is 0.453 e. The molecule has 9 rings (SSSR count). The Hall–Kier alpha value is -6.22. The number of likely N-dealkylation sites (tertiary alicyclic amines) is 2. The molecule has 15 heteroatoms. The van der Waals surface area contributed by atoms with Crippen molar-refractivity contribution in [2.45, 2.75) is 69.2 Å². The molecule has 14 nitrogen and oxygen atoms in total. The van der Waals surface area contributed by atoms with E-state index in [2.05, 4.69) is 80.4 Å². The molecule has 298 valence electrons. The van der Waals surface area contributed by atoms with E-state index < -0.39 is 24.3 Å². The Labute approximate surface area is 338 Å². The number of hydrogen-bond acceptors (Lipinski definition) is 9. The van der Waals surface area contributed by atoms with Gasteiger partial charge in [0.1, 0.15) is 23.7 Å². The predicted molar refractivity (Wildman–Crippen MR) is 221 cm³/mol. The van der Waals surface area contributed by atoms with Crippen LogP contribution in [0.15, 0.2) is 73.4 Å². The number of H-pyrrole nitrogens is 2. The van der Waals surface area contributed by atoms with Gasteiger partial charge in [0.25, 0.3) is 0 Å². The van der Waals surface area contributed by atoms with E-state index in [4.69, 9.17) is 14.7 Å². The number of amides is 4. The summed E-state index contributed by atoms with van der Waals surface area (Å²) in [6, 6.07) is 17.3. The number of aromatic nitrogens is 4. The van der Waals surface area contributed by atoms with Crippen LogP contribution in [0.3, 0.4) is 0 Å². The van der Waals surface area contributed by atoms with Crippen molar-refractivity contribution in [3.05, 3.63) is 85.1 Å². The van der Waals surface area contributed by atoms with E-state index >= 15 is 0 Å². The summed E-state index contributed by atoms with van der Waals surface area (Å²) in [6.45, 7) is 6.04. The van der Waals surface area contributed by atoms with Crippen LogP contribution in [0, 0.1) is 5.92 Å². The zero-order chi connectivity index (χ0) is 40.2. The lowest BCUT2D eigenvalue weighted by Gasteiger charge is -2.36. The third kappa shape index (κ3) is 6.52. The van der Waals surface area contributed by atoms with Gasteiger partial charge >= 0.3 is 12.2 Å². The highest BCUT2D eigenvalue weighted by molar-refractivity contribution is 7.25. The molecule has 0 spiro atoms. The molecule has 1 aliphatic carbocycles. The summed E-state index contributed by atoms with van der Waals surface area (Å²) in [6.07, 6.45) is 6.43. The molecular formula is C43H44N8O6S. The molecule has 4 N–H and O–H groups in total. The molecule has 2 bridgehead atoms. The second kappa shape index (κ2) is 14.9. The maximum absolute atomic E-state index is 13.8. The SMILES string of the molecule is C=C[C@H](NC(=O)OC)C(=O)N1[C@@H]2CC[C@@H](C2)[C@H]1c1nc2ccc(-c3ccc4c(c3)sc3cc(-c5cnc([C@@H]6CCCN6C(=O)[C@H](C)NC(=O)OC)[nH]5)ccc34)cc2[nH]1. The molecule has 3 aromatic carbocycles. The number of alkyl carbamates (subject to hydrolysis) is 2. The number of carbonyl (C=O) groups excluding carboxylic acids is 4. The highest BCUT2D eigenvalue weighted by Crippen LogP contribution is 2.50. The molecule has 6 atom stereocenters. The van der Waals surface area contributed by atoms with E-state index in [0.29, 0.717) is 6.54 Å². The number of methoxy groups -OCH3 is 2. The zero-order valence-electron chi connectivity index (χ0n) is 32.4. The van der Waals surface area contributed by atoms with Crippen molar-refractivity contribution in [3.8, 4) is 22.4 Å². The summed E-state index contributed by atoms with van der Waals surface area (Å²) in [7, 11) is 2.55. The van der Waals surface area contributed by atoms with Crippen molar-refractivity contribution in [2.75, 3.05) is 20.8 Å². The lowest BCUT2D eigenvalue weighted by atomic mass is 9.97. The summed E-state index contributed by atoms with van der Waals surface area (Å²) in [5, 5.41) is 7.53. The van der Waals surface area contributed by atoms with E-state index in [1.165, 1.54) is 35.8 Å². The fourth-order valence-corrected chi connectivity index (χ4v) is 10.4. The normalized spacial score (nSPS) is 21.1. The van der Waals surface area contributed by atoms with E-state index in [1.54, 1.807) is 23.2 Å². The topological polar surface area (TPSA) is 175 Å². The molecule has 58 heavy (non-hydrogen) atoms. The monoisotopic (exact) mass is 800 g/mol. The quantitative estimate of drug-likeness (QED) is 0.110. The van der Waals surface area contributed by atoms with Gasteiger partial charge in [-0.3, -0.25) is 9.59 Å². The minimum absolute atomic E-state index is 0.0855. The van der Waals surface area contributed by atoms with Crippen LogP contribution in [0.25, 0.3) is 53.6 Å². The van der Waals surface area contributed by atoms with E-state index in [0.717, 1.165) is 81.9 Å². The van der Waals surface area contributed by atoms with Crippen LogP contribution in [0.2, 0.25) is 0 Å². The summed E-state index contributed by atoms with van der Waals surface area (Å²) in [4.78, 5) is 71.0. The molecule has 0 unspecified atom stereocenters. The van der Waals surface area contributed by atoms with Gasteiger partial charge in [-0.2, -0.15) is 0 Å². The maximum Gasteiger partial charge on any atom is 0.407 e. The van der Waals surface area contributed by atoms with Gasteiger partial charge in [-0.05, 0) is 80.3 Å². The van der Waals surface area contributed by atoms with Crippen LogP contribution in [0.1, 0.15) is 62.8 Å². The molecule has 3 aliphatic rings. The average Bonchev–Trinajstić information content (AvgIpc) is 4.11. The smallest absolute Gasteiger partial charge is 0.407 e. The van der Waals surface area contributed by atoms with Gasteiger partial charge in [-0.15, -0.1) is 17.9 Å². The third-order valence-electron chi connectivity index (χ3n) is 12.0. The number of aromatic amines is 2. The summed E-state index contributed by atoms with van der Waals surface area (Å²) >= 11 is 1.74. The first-order valence-electron chi connectivity index (χ1n) is 19.6. The number of rotatable bonds is 9. The van der Waals surface area contributed by atoms with Gasteiger partial charge < -0.3 is 39.9 Å². The molecule has 1 saturated carbocycles. The third-order valence-corrected chi connectivity index (χ3v) is 13.2. The lowest BCUT2D eigenvalue weighted by Crippen LogP contribution is -2.51. The predicted octanol–water partition coefficient (Wildman–Crippen LogP) is 7.36. The number of ether oxygens (including phenoxy) is 2. The van der Waals surface area contributed by atoms with Crippen molar-refractivity contribution >= 4 is 66.5 Å². The van der Waals surface area contributed by atoms with Gasteiger partial charge in [0, 0.05) is 38.3 Å². The second-order valence-corrected chi connectivity index (χ2v) is 16.5. The van der Waals surface area contributed by atoms with Crippen LogP contribution in [0.4, 0.5) is 9.59 Å². The molecule has 2 aliphatic heterocycles. The van der Waals surface area contributed by atoms with Gasteiger partial charge in [-0.1, -0.05) is 36.4 Å². The van der Waals surface area contributed by atoms with Crippen molar-refractivity contribution in [1.29, 1.82) is 0 Å². The zero-order valence-corrected chi connectivity index (χ0v) is 33.2. The maximum atomic E-state index is 13.8. The van der Waals surface area contributed by atoms with E-state index in [9.17, 15) is 19.2 Å². The van der Waals surface area contributed by atoms with E-state index in [-0.39, 0.29) is 35.9 Å².